The number of rotatable bonds is 7. The summed E-state index contributed by atoms with van der Waals surface area (Å²) in [5.41, 5.74) is 4.55. The molecule has 0 aliphatic carbocycles. The molecular formula is C9H20N2O2Se. The normalized spacial score (nSPS) is 15.5. The number of carboxylic acids is 1. The second-order valence-electron chi connectivity index (χ2n) is 3.52. The third-order valence-corrected chi connectivity index (χ3v) is 3.40. The molecule has 0 aliphatic rings. The van der Waals surface area contributed by atoms with Gasteiger partial charge in [0.2, 0.25) is 0 Å². The van der Waals surface area contributed by atoms with Gasteiger partial charge in [-0.1, -0.05) is 0 Å². The Hall–Kier alpha value is -0.0905. The van der Waals surface area contributed by atoms with E-state index in [4.69, 9.17) is 10.8 Å². The molecule has 0 amide bonds. The van der Waals surface area contributed by atoms with E-state index in [2.05, 4.69) is 22.9 Å². The van der Waals surface area contributed by atoms with Gasteiger partial charge in [0.05, 0.1) is 0 Å². The summed E-state index contributed by atoms with van der Waals surface area (Å²) in [7, 11) is 1.76. The van der Waals surface area contributed by atoms with Crippen LogP contribution in [-0.4, -0.2) is 51.2 Å². The fraction of sp³-hybridized carbons (Fsp3) is 0.889. The van der Waals surface area contributed by atoms with Gasteiger partial charge in [0.1, 0.15) is 0 Å². The second kappa shape index (κ2) is 6.40. The molecule has 0 bridgehead atoms. The first-order chi connectivity index (χ1) is 6.49. The van der Waals surface area contributed by atoms with Crippen LogP contribution in [-0.2, 0) is 4.79 Å². The zero-order chi connectivity index (χ0) is 11.2. The van der Waals surface area contributed by atoms with Gasteiger partial charge in [-0.3, -0.25) is 0 Å². The molecule has 4 nitrogen and oxygen atoms in total. The predicted molar refractivity (Wildman–Crippen MR) is 58.7 cm³/mol. The van der Waals surface area contributed by atoms with Crippen LogP contribution >= 0.6 is 0 Å². The molecule has 0 spiro atoms. The van der Waals surface area contributed by atoms with E-state index in [1.54, 1.807) is 11.9 Å². The first-order valence-corrected chi connectivity index (χ1v) is 6.16. The summed E-state index contributed by atoms with van der Waals surface area (Å²) < 4.78 is 0. The molecule has 0 fully saturated rings. The number of carbonyl (C=O) groups is 1. The third-order valence-electron chi connectivity index (χ3n) is 2.39. The molecule has 0 heterocycles. The summed E-state index contributed by atoms with van der Waals surface area (Å²) in [6, 6.07) is 0. The molecule has 0 radical (unpaired) electrons. The monoisotopic (exact) mass is 268 g/mol. The quantitative estimate of drug-likeness (QED) is 0.392. The van der Waals surface area contributed by atoms with Crippen LogP contribution in [0.4, 0.5) is 0 Å². The summed E-state index contributed by atoms with van der Waals surface area (Å²) in [5, 5.41) is 9.34. The number of carboxylic acid groups (broad SMARTS) is 1. The molecule has 0 aromatic rings. The van der Waals surface area contributed by atoms with Crippen LogP contribution in [0.15, 0.2) is 0 Å². The van der Waals surface area contributed by atoms with E-state index in [0.717, 1.165) is 25.8 Å². The first-order valence-electron chi connectivity index (χ1n) is 4.83. The molecule has 1 atom stereocenters. The molecule has 0 saturated carbocycles. The van der Waals surface area contributed by atoms with Gasteiger partial charge in [-0.25, -0.2) is 0 Å². The number of hydrogen-bond acceptors (Lipinski definition) is 3. The van der Waals surface area contributed by atoms with Crippen LogP contribution in [0.2, 0.25) is 5.32 Å². The number of aliphatic carboxylic acids is 1. The molecule has 0 aromatic carbocycles. The van der Waals surface area contributed by atoms with Crippen molar-refractivity contribution in [3.8, 4) is 0 Å². The predicted octanol–water partition coefficient (Wildman–Crippen LogP) is 0.167. The maximum atomic E-state index is 10.9. The molecule has 84 valence electrons. The average Bonchev–Trinajstić information content (AvgIpc) is 2.16. The summed E-state index contributed by atoms with van der Waals surface area (Å²) in [6.07, 6.45) is 3.23. The molecule has 5 heteroatoms. The van der Waals surface area contributed by atoms with Crippen molar-refractivity contribution in [2.24, 2.45) is 5.73 Å². The van der Waals surface area contributed by atoms with E-state index in [0.29, 0.717) is 5.32 Å². The van der Waals surface area contributed by atoms with Gasteiger partial charge in [0.15, 0.2) is 0 Å². The van der Waals surface area contributed by atoms with E-state index >= 15 is 0 Å². The van der Waals surface area contributed by atoms with Crippen molar-refractivity contribution in [2.75, 3.05) is 13.6 Å². The number of unbranched alkanes of at least 4 members (excludes halogenated alkanes) is 2. The van der Waals surface area contributed by atoms with Crippen LogP contribution in [0.25, 0.3) is 0 Å². The van der Waals surface area contributed by atoms with E-state index in [1.165, 1.54) is 0 Å². The topological polar surface area (TPSA) is 66.6 Å². The number of hydrogen-bond donors (Lipinski definition) is 2. The molecule has 0 aliphatic heterocycles. The van der Waals surface area contributed by atoms with Crippen molar-refractivity contribution in [2.45, 2.75) is 37.2 Å². The van der Waals surface area contributed by atoms with Crippen LogP contribution < -0.4 is 5.73 Å². The molecular weight excluding hydrogens is 247 g/mol. The van der Waals surface area contributed by atoms with Crippen molar-refractivity contribution in [1.29, 1.82) is 0 Å². The van der Waals surface area contributed by atoms with Crippen molar-refractivity contribution >= 4 is 22.0 Å². The second-order valence-corrected chi connectivity index (χ2v) is 4.18. The van der Waals surface area contributed by atoms with Crippen LogP contribution in [0.5, 0.6) is 0 Å². The summed E-state index contributed by atoms with van der Waals surface area (Å²) >= 11 is 2.24. The summed E-state index contributed by atoms with van der Waals surface area (Å²) in [4.78, 5) is 12.7. The van der Waals surface area contributed by atoms with E-state index < -0.39 is 11.6 Å². The number of nitrogens with zero attached hydrogens (tertiary/aromatic N) is 1. The third kappa shape index (κ3) is 3.58. The van der Waals surface area contributed by atoms with Gasteiger partial charge in [-0.15, -0.1) is 0 Å². The minimum absolute atomic E-state index is 0.359. The van der Waals surface area contributed by atoms with Gasteiger partial charge in [0, 0.05) is 0 Å². The first kappa shape index (κ1) is 13.9. The zero-order valence-corrected chi connectivity index (χ0v) is 10.7. The standard InChI is InChI=1S/C9H20N2O2Se/c1-3-4-5-6-11(2)9(10,7-14)8(12)13/h14H,3-7,10H2,1-2H3,(H,12,13). The molecule has 0 rings (SSSR count). The van der Waals surface area contributed by atoms with Gasteiger partial charge in [-0.05, 0) is 0 Å². The Morgan fingerprint density at radius 2 is 2.14 bits per heavy atom. The van der Waals surface area contributed by atoms with Gasteiger partial charge < -0.3 is 0 Å². The Balaban J connectivity index is 4.17. The Labute approximate surface area is 93.6 Å². The maximum absolute atomic E-state index is 10.9. The Morgan fingerprint density at radius 1 is 1.57 bits per heavy atom. The van der Waals surface area contributed by atoms with Crippen LogP contribution in [0.3, 0.4) is 0 Å². The number of nitrogens with two attached hydrogens (primary N) is 1. The Bertz CT molecular complexity index is 190. The van der Waals surface area contributed by atoms with Crippen molar-refractivity contribution in [3.63, 3.8) is 0 Å². The Kier molecular flexibility index (Phi) is 6.36. The van der Waals surface area contributed by atoms with Crippen molar-refractivity contribution in [3.05, 3.63) is 0 Å². The SMILES string of the molecule is CCCCCN(C)C(N)(C[SeH])C(=O)O. The fourth-order valence-corrected chi connectivity index (χ4v) is 1.94. The van der Waals surface area contributed by atoms with E-state index in [9.17, 15) is 4.79 Å². The Morgan fingerprint density at radius 3 is 2.50 bits per heavy atom. The van der Waals surface area contributed by atoms with Crippen LogP contribution in [0, 0.1) is 0 Å². The van der Waals surface area contributed by atoms with Gasteiger partial charge >= 0.3 is 93.3 Å². The molecule has 1 unspecified atom stereocenters. The number of likely N-dealkylation sites (N-methyl/N-ethyl adjacent to an activating group) is 1. The summed E-state index contributed by atoms with van der Waals surface area (Å²) in [6.45, 7) is 2.85. The van der Waals surface area contributed by atoms with Crippen LogP contribution in [0.1, 0.15) is 26.2 Å². The molecule has 3 N–H and O–H groups in total. The summed E-state index contributed by atoms with van der Waals surface area (Å²) in [5.74, 6) is -0.961. The van der Waals surface area contributed by atoms with E-state index in [-0.39, 0.29) is 0 Å². The van der Waals surface area contributed by atoms with Gasteiger partial charge in [-0.2, -0.15) is 0 Å². The average molecular weight is 267 g/mol. The fourth-order valence-electron chi connectivity index (χ4n) is 1.15. The zero-order valence-electron chi connectivity index (χ0n) is 8.86. The van der Waals surface area contributed by atoms with Gasteiger partial charge in [0.25, 0.3) is 0 Å². The minimum atomic E-state index is -1.23. The molecule has 14 heavy (non-hydrogen) atoms. The molecule has 0 saturated heterocycles. The molecule has 0 aromatic heterocycles. The van der Waals surface area contributed by atoms with E-state index in [1.807, 2.05) is 0 Å². The van der Waals surface area contributed by atoms with Crippen molar-refractivity contribution < 1.29 is 9.90 Å². The van der Waals surface area contributed by atoms with Crippen molar-refractivity contribution in [1.82, 2.24) is 4.90 Å².